The molecule has 2 saturated carbocycles. The van der Waals surface area contributed by atoms with Gasteiger partial charge in [0.1, 0.15) is 0 Å². The number of para-hydroxylation sites is 1. The summed E-state index contributed by atoms with van der Waals surface area (Å²) in [7, 11) is 0. The number of nitrogens with zero attached hydrogens (tertiary/aromatic N) is 1. The Balaban J connectivity index is 1.63. The lowest BCUT2D eigenvalue weighted by molar-refractivity contribution is -0.122. The van der Waals surface area contributed by atoms with E-state index in [1.54, 1.807) is 0 Å². The fourth-order valence-corrected chi connectivity index (χ4v) is 4.10. The van der Waals surface area contributed by atoms with Gasteiger partial charge in [-0.25, -0.2) is 0 Å². The number of amides is 1. The van der Waals surface area contributed by atoms with Crippen molar-refractivity contribution in [3.8, 4) is 0 Å². The number of hydrogen-bond acceptors (Lipinski definition) is 2. The van der Waals surface area contributed by atoms with Crippen LogP contribution in [0, 0.1) is 17.8 Å². The van der Waals surface area contributed by atoms with Crippen LogP contribution < -0.4 is 4.90 Å². The van der Waals surface area contributed by atoms with Crippen molar-refractivity contribution in [1.82, 2.24) is 0 Å². The minimum absolute atomic E-state index is 0.224. The smallest absolute Gasteiger partial charge is 0.230 e. The monoisotopic (exact) mass is 271 g/mol. The second-order valence-corrected chi connectivity index (χ2v) is 6.63. The number of anilines is 1. The third-order valence-corrected chi connectivity index (χ3v) is 5.30. The first kappa shape index (κ1) is 12.4. The van der Waals surface area contributed by atoms with Crippen LogP contribution in [-0.4, -0.2) is 17.6 Å². The van der Waals surface area contributed by atoms with Crippen LogP contribution in [0.15, 0.2) is 24.3 Å². The molecule has 20 heavy (non-hydrogen) atoms. The van der Waals surface area contributed by atoms with Gasteiger partial charge in [-0.1, -0.05) is 18.2 Å². The van der Waals surface area contributed by atoms with E-state index in [0.29, 0.717) is 5.91 Å². The summed E-state index contributed by atoms with van der Waals surface area (Å²) in [6.45, 7) is 0.749. The van der Waals surface area contributed by atoms with Crippen LogP contribution in [0.2, 0.25) is 0 Å². The van der Waals surface area contributed by atoms with Gasteiger partial charge in [-0.2, -0.15) is 0 Å². The first-order chi connectivity index (χ1) is 9.74. The summed E-state index contributed by atoms with van der Waals surface area (Å²) >= 11 is 0. The van der Waals surface area contributed by atoms with Crippen molar-refractivity contribution in [2.75, 3.05) is 11.4 Å². The first-order valence-electron chi connectivity index (χ1n) is 7.82. The van der Waals surface area contributed by atoms with Gasteiger partial charge >= 0.3 is 0 Å². The summed E-state index contributed by atoms with van der Waals surface area (Å²) < 4.78 is 0. The Labute approximate surface area is 119 Å². The number of fused-ring (bicyclic) bond motifs is 2. The zero-order valence-corrected chi connectivity index (χ0v) is 11.7. The van der Waals surface area contributed by atoms with Gasteiger partial charge in [0, 0.05) is 23.7 Å². The molecular weight excluding hydrogens is 250 g/mol. The zero-order chi connectivity index (χ0) is 13.7. The molecule has 1 aromatic carbocycles. The Bertz CT molecular complexity index is 532. The summed E-state index contributed by atoms with van der Waals surface area (Å²) in [5.41, 5.74) is 1.85. The van der Waals surface area contributed by atoms with Crippen LogP contribution >= 0.6 is 0 Å². The number of carbonyl (C=O) groups excluding carboxylic acids is 1. The lowest BCUT2D eigenvalue weighted by atomic mass is 10.0. The maximum Gasteiger partial charge on any atom is 0.230 e. The summed E-state index contributed by atoms with van der Waals surface area (Å²) in [5.74, 6) is 2.18. The van der Waals surface area contributed by atoms with Gasteiger partial charge in [0.25, 0.3) is 0 Å². The second kappa shape index (κ2) is 4.59. The van der Waals surface area contributed by atoms with Crippen molar-refractivity contribution in [3.63, 3.8) is 0 Å². The SMILES string of the molecule is O=C(C1CC2CC2C1)N1CCCC(O)c2ccccc21. The van der Waals surface area contributed by atoms with Crippen molar-refractivity contribution in [1.29, 1.82) is 0 Å². The molecule has 1 aliphatic heterocycles. The Morgan fingerprint density at radius 1 is 1.15 bits per heavy atom. The van der Waals surface area contributed by atoms with Gasteiger partial charge in [0.15, 0.2) is 0 Å². The highest BCUT2D eigenvalue weighted by Gasteiger charge is 2.49. The van der Waals surface area contributed by atoms with Gasteiger partial charge < -0.3 is 10.0 Å². The molecule has 1 N–H and O–H groups in total. The average molecular weight is 271 g/mol. The standard InChI is InChI=1S/C17H21NO2/c19-16-6-3-7-18(15-5-2-1-4-14(15)16)17(20)13-9-11-8-12(11)10-13/h1-2,4-5,11-13,16,19H,3,6-10H2. The van der Waals surface area contributed by atoms with E-state index >= 15 is 0 Å². The summed E-state index contributed by atoms with van der Waals surface area (Å²) in [4.78, 5) is 14.8. The minimum atomic E-state index is -0.430. The molecule has 3 aliphatic rings. The van der Waals surface area contributed by atoms with E-state index in [9.17, 15) is 9.90 Å². The highest BCUT2D eigenvalue weighted by molar-refractivity contribution is 5.96. The lowest BCUT2D eigenvalue weighted by Gasteiger charge is -2.26. The van der Waals surface area contributed by atoms with Crippen LogP contribution in [0.3, 0.4) is 0 Å². The van der Waals surface area contributed by atoms with E-state index in [2.05, 4.69) is 0 Å². The van der Waals surface area contributed by atoms with E-state index in [4.69, 9.17) is 0 Å². The summed E-state index contributed by atoms with van der Waals surface area (Å²) in [5, 5.41) is 10.2. The van der Waals surface area contributed by atoms with Gasteiger partial charge in [0.2, 0.25) is 5.91 Å². The molecule has 3 heteroatoms. The van der Waals surface area contributed by atoms with Crippen molar-refractivity contribution in [2.24, 2.45) is 17.8 Å². The number of benzene rings is 1. The van der Waals surface area contributed by atoms with Crippen molar-refractivity contribution >= 4 is 11.6 Å². The van der Waals surface area contributed by atoms with Crippen LogP contribution in [0.4, 0.5) is 5.69 Å². The molecule has 0 radical (unpaired) electrons. The van der Waals surface area contributed by atoms with Crippen molar-refractivity contribution in [3.05, 3.63) is 29.8 Å². The molecule has 1 amide bonds. The van der Waals surface area contributed by atoms with Crippen molar-refractivity contribution < 1.29 is 9.90 Å². The van der Waals surface area contributed by atoms with Gasteiger partial charge in [-0.15, -0.1) is 0 Å². The molecule has 2 fully saturated rings. The fourth-order valence-electron chi connectivity index (χ4n) is 4.10. The molecule has 2 aliphatic carbocycles. The first-order valence-corrected chi connectivity index (χ1v) is 7.82. The molecular formula is C17H21NO2. The van der Waals surface area contributed by atoms with Gasteiger partial charge in [-0.3, -0.25) is 4.79 Å². The van der Waals surface area contributed by atoms with Crippen LogP contribution in [0.25, 0.3) is 0 Å². The molecule has 106 valence electrons. The van der Waals surface area contributed by atoms with E-state index < -0.39 is 6.10 Å². The van der Waals surface area contributed by atoms with Crippen LogP contribution in [0.1, 0.15) is 43.8 Å². The Hall–Kier alpha value is -1.35. The molecule has 3 unspecified atom stereocenters. The third kappa shape index (κ3) is 1.96. The molecule has 0 bridgehead atoms. The quantitative estimate of drug-likeness (QED) is 0.853. The minimum Gasteiger partial charge on any atom is -0.388 e. The summed E-state index contributed by atoms with van der Waals surface area (Å²) in [6.07, 6.45) is 4.72. The number of hydrogen-bond donors (Lipinski definition) is 1. The fraction of sp³-hybridized carbons (Fsp3) is 0.588. The molecule has 0 saturated heterocycles. The Morgan fingerprint density at radius 2 is 1.90 bits per heavy atom. The maximum atomic E-state index is 12.8. The number of aliphatic hydroxyl groups is 1. The van der Waals surface area contributed by atoms with Crippen LogP contribution in [0.5, 0.6) is 0 Å². The van der Waals surface area contributed by atoms with E-state index in [1.807, 2.05) is 29.2 Å². The second-order valence-electron chi connectivity index (χ2n) is 6.63. The van der Waals surface area contributed by atoms with Gasteiger partial charge in [0.05, 0.1) is 6.10 Å². The lowest BCUT2D eigenvalue weighted by Crippen LogP contribution is -2.36. The Morgan fingerprint density at radius 3 is 2.70 bits per heavy atom. The zero-order valence-electron chi connectivity index (χ0n) is 11.7. The normalized spacial score (nSPS) is 35.1. The number of carbonyl (C=O) groups is 1. The highest BCUT2D eigenvalue weighted by Crippen LogP contribution is 2.55. The van der Waals surface area contributed by atoms with E-state index in [1.165, 1.54) is 6.42 Å². The number of rotatable bonds is 1. The topological polar surface area (TPSA) is 40.5 Å². The third-order valence-electron chi connectivity index (χ3n) is 5.30. The highest BCUT2D eigenvalue weighted by atomic mass is 16.3. The maximum absolute atomic E-state index is 12.8. The molecule has 0 spiro atoms. The van der Waals surface area contributed by atoms with E-state index in [-0.39, 0.29) is 5.92 Å². The molecule has 1 aromatic rings. The molecule has 4 rings (SSSR count). The van der Waals surface area contributed by atoms with E-state index in [0.717, 1.165) is 55.3 Å². The van der Waals surface area contributed by atoms with Crippen molar-refractivity contribution in [2.45, 2.75) is 38.2 Å². The molecule has 3 atom stereocenters. The van der Waals surface area contributed by atoms with Gasteiger partial charge in [-0.05, 0) is 50.0 Å². The Kier molecular flexibility index (Phi) is 2.84. The number of aliphatic hydroxyl groups excluding tert-OH is 1. The predicted molar refractivity (Wildman–Crippen MR) is 77.3 cm³/mol. The predicted octanol–water partition coefficient (Wildman–Crippen LogP) is 2.89. The van der Waals surface area contributed by atoms with Crippen LogP contribution in [-0.2, 0) is 4.79 Å². The largest absolute Gasteiger partial charge is 0.388 e. The average Bonchev–Trinajstić information content (AvgIpc) is 3.13. The molecule has 1 heterocycles. The molecule has 0 aromatic heterocycles. The summed E-state index contributed by atoms with van der Waals surface area (Å²) in [6, 6.07) is 7.85. The molecule has 3 nitrogen and oxygen atoms in total.